The minimum atomic E-state index is 0.833. The van der Waals surface area contributed by atoms with E-state index < -0.39 is 0 Å². The average molecular weight is 704 g/mol. The van der Waals surface area contributed by atoms with E-state index in [-0.39, 0.29) is 0 Å². The van der Waals surface area contributed by atoms with E-state index in [0.717, 1.165) is 72.1 Å². The molecule has 11 aromatic rings. The topological polar surface area (TPSA) is 29.5 Å². The molecule has 55 heavy (non-hydrogen) atoms. The third-order valence-corrected chi connectivity index (χ3v) is 10.9. The highest BCUT2D eigenvalue weighted by Crippen LogP contribution is 2.49. The fraction of sp³-hybridized carbons (Fsp3) is 0. The maximum absolute atomic E-state index is 7.02. The fourth-order valence-corrected chi connectivity index (χ4v) is 8.24. The molecule has 0 bridgehead atoms. The van der Waals surface area contributed by atoms with Crippen LogP contribution in [0, 0.1) is 0 Å². The largest absolute Gasteiger partial charge is 0.456 e. The Labute approximate surface area is 317 Å². The van der Waals surface area contributed by atoms with Crippen LogP contribution in [0.5, 0.6) is 0 Å². The van der Waals surface area contributed by atoms with Crippen LogP contribution in [0.1, 0.15) is 0 Å². The summed E-state index contributed by atoms with van der Waals surface area (Å²) in [5, 5.41) is 6.65. The number of rotatable bonds is 6. The monoisotopic (exact) mass is 703 g/mol. The highest BCUT2D eigenvalue weighted by atomic mass is 16.3. The molecule has 3 heteroatoms. The van der Waals surface area contributed by atoms with E-state index >= 15 is 0 Å². The molecule has 2 heterocycles. The molecule has 258 valence electrons. The number of furan rings is 2. The Hall–Kier alpha value is -7.36. The SMILES string of the molecule is c1ccc(-c2ccc(N(c3ccc(-c4ccccc4)cc3)c3ccc4c(oc5ccc6oc7ccccc7c6c54)c3-c3ccc4ccccc4c3)cc2)cc1. The Morgan fingerprint density at radius 1 is 0.327 bits per heavy atom. The van der Waals surface area contributed by atoms with Gasteiger partial charge >= 0.3 is 0 Å². The van der Waals surface area contributed by atoms with E-state index in [4.69, 9.17) is 8.83 Å². The van der Waals surface area contributed by atoms with E-state index in [9.17, 15) is 0 Å². The lowest BCUT2D eigenvalue weighted by Gasteiger charge is -2.28. The molecule has 0 saturated heterocycles. The predicted octanol–water partition coefficient (Wildman–Crippen LogP) is 15.1. The molecule has 0 spiro atoms. The second-order valence-electron chi connectivity index (χ2n) is 14.1. The van der Waals surface area contributed by atoms with Crippen LogP contribution in [0.15, 0.2) is 209 Å². The summed E-state index contributed by atoms with van der Waals surface area (Å²) in [6.07, 6.45) is 0. The van der Waals surface area contributed by atoms with Crippen molar-refractivity contribution in [2.75, 3.05) is 4.90 Å². The number of benzene rings is 9. The third kappa shape index (κ3) is 5.20. The number of nitrogens with zero attached hydrogens (tertiary/aromatic N) is 1. The van der Waals surface area contributed by atoms with Gasteiger partial charge in [-0.2, -0.15) is 0 Å². The number of para-hydroxylation sites is 1. The van der Waals surface area contributed by atoms with Gasteiger partial charge in [-0.05, 0) is 99.3 Å². The zero-order valence-electron chi connectivity index (χ0n) is 29.8. The summed E-state index contributed by atoms with van der Waals surface area (Å²) in [6, 6.07) is 70.9. The van der Waals surface area contributed by atoms with Gasteiger partial charge < -0.3 is 13.7 Å². The number of anilines is 3. The second-order valence-corrected chi connectivity index (χ2v) is 14.1. The third-order valence-electron chi connectivity index (χ3n) is 10.9. The molecule has 0 N–H and O–H groups in total. The van der Waals surface area contributed by atoms with Crippen LogP contribution in [0.25, 0.3) is 88.0 Å². The molecular weight excluding hydrogens is 671 g/mol. The lowest BCUT2D eigenvalue weighted by atomic mass is 9.95. The van der Waals surface area contributed by atoms with E-state index in [2.05, 4.69) is 181 Å². The quantitative estimate of drug-likeness (QED) is 0.173. The molecule has 0 radical (unpaired) electrons. The van der Waals surface area contributed by atoms with Crippen LogP contribution in [0.4, 0.5) is 17.1 Å². The first-order valence-electron chi connectivity index (χ1n) is 18.7. The standard InChI is InChI=1S/C52H33NO2/c1-3-11-34(12-4-1)37-21-25-41(26-22-37)53(42-27-23-38(24-28-42)35-13-5-2-6-14-35)45-30-29-44-51-48(32-31-47-50(51)43-17-9-10-18-46(43)54-47)55-52(44)49(45)40-20-19-36-15-7-8-16-39(36)33-40/h1-33H. The average Bonchev–Trinajstić information content (AvgIpc) is 3.83. The molecule has 0 atom stereocenters. The lowest BCUT2D eigenvalue weighted by molar-refractivity contribution is 0.663. The predicted molar refractivity (Wildman–Crippen MR) is 229 cm³/mol. The van der Waals surface area contributed by atoms with Crippen molar-refractivity contribution in [1.82, 2.24) is 0 Å². The summed E-state index contributed by atoms with van der Waals surface area (Å²) in [6.45, 7) is 0. The maximum atomic E-state index is 7.02. The van der Waals surface area contributed by atoms with Gasteiger partial charge in [-0.15, -0.1) is 0 Å². The fourth-order valence-electron chi connectivity index (χ4n) is 8.24. The maximum Gasteiger partial charge on any atom is 0.145 e. The minimum Gasteiger partial charge on any atom is -0.456 e. The molecule has 0 aliphatic rings. The lowest BCUT2D eigenvalue weighted by Crippen LogP contribution is -2.11. The van der Waals surface area contributed by atoms with E-state index in [1.165, 1.54) is 33.0 Å². The van der Waals surface area contributed by atoms with Crippen LogP contribution >= 0.6 is 0 Å². The molecule has 0 aliphatic carbocycles. The van der Waals surface area contributed by atoms with Gasteiger partial charge in [0.1, 0.15) is 22.3 Å². The molecule has 9 aromatic carbocycles. The van der Waals surface area contributed by atoms with Crippen molar-refractivity contribution < 1.29 is 8.83 Å². The molecule has 0 unspecified atom stereocenters. The van der Waals surface area contributed by atoms with Crippen LogP contribution in [-0.4, -0.2) is 0 Å². The minimum absolute atomic E-state index is 0.833. The smallest absolute Gasteiger partial charge is 0.145 e. The first-order valence-corrected chi connectivity index (χ1v) is 18.7. The van der Waals surface area contributed by atoms with Gasteiger partial charge in [-0.3, -0.25) is 0 Å². The number of fused-ring (bicyclic) bond motifs is 8. The van der Waals surface area contributed by atoms with Crippen LogP contribution < -0.4 is 4.90 Å². The molecule has 0 fully saturated rings. The summed E-state index contributed by atoms with van der Waals surface area (Å²) in [4.78, 5) is 2.36. The van der Waals surface area contributed by atoms with Crippen molar-refractivity contribution in [2.24, 2.45) is 0 Å². The Morgan fingerprint density at radius 3 is 1.53 bits per heavy atom. The van der Waals surface area contributed by atoms with Crippen molar-refractivity contribution in [2.45, 2.75) is 0 Å². The van der Waals surface area contributed by atoms with Crippen molar-refractivity contribution in [3.05, 3.63) is 200 Å². The van der Waals surface area contributed by atoms with E-state index in [0.29, 0.717) is 0 Å². The molecule has 0 saturated carbocycles. The van der Waals surface area contributed by atoms with Gasteiger partial charge in [0.25, 0.3) is 0 Å². The Kier molecular flexibility index (Phi) is 7.17. The molecular formula is C52H33NO2. The Bertz CT molecular complexity index is 3090. The van der Waals surface area contributed by atoms with Gasteiger partial charge in [-0.1, -0.05) is 140 Å². The van der Waals surface area contributed by atoms with E-state index in [1.54, 1.807) is 0 Å². The summed E-state index contributed by atoms with van der Waals surface area (Å²) in [5.74, 6) is 0. The summed E-state index contributed by atoms with van der Waals surface area (Å²) in [5.41, 5.74) is 13.3. The Morgan fingerprint density at radius 2 is 0.855 bits per heavy atom. The highest BCUT2D eigenvalue weighted by molar-refractivity contribution is 6.27. The van der Waals surface area contributed by atoms with Crippen molar-refractivity contribution in [1.29, 1.82) is 0 Å². The molecule has 11 rings (SSSR count). The second kappa shape index (κ2) is 12.6. The van der Waals surface area contributed by atoms with Gasteiger partial charge in [0.2, 0.25) is 0 Å². The zero-order valence-corrected chi connectivity index (χ0v) is 29.8. The molecule has 0 amide bonds. The molecule has 0 aliphatic heterocycles. The summed E-state index contributed by atoms with van der Waals surface area (Å²) < 4.78 is 13.4. The zero-order chi connectivity index (χ0) is 36.3. The van der Waals surface area contributed by atoms with Gasteiger partial charge in [0, 0.05) is 38.5 Å². The van der Waals surface area contributed by atoms with Crippen molar-refractivity contribution >= 4 is 71.7 Å². The first-order chi connectivity index (χ1) is 27.3. The summed E-state index contributed by atoms with van der Waals surface area (Å²) in [7, 11) is 0. The van der Waals surface area contributed by atoms with Gasteiger partial charge in [0.15, 0.2) is 0 Å². The van der Waals surface area contributed by atoms with Gasteiger partial charge in [-0.25, -0.2) is 0 Å². The summed E-state index contributed by atoms with van der Waals surface area (Å²) >= 11 is 0. The highest BCUT2D eigenvalue weighted by Gasteiger charge is 2.25. The van der Waals surface area contributed by atoms with Crippen molar-refractivity contribution in [3.63, 3.8) is 0 Å². The molecule has 3 nitrogen and oxygen atoms in total. The van der Waals surface area contributed by atoms with Gasteiger partial charge in [0.05, 0.1) is 5.69 Å². The van der Waals surface area contributed by atoms with Crippen LogP contribution in [-0.2, 0) is 0 Å². The van der Waals surface area contributed by atoms with Crippen LogP contribution in [0.2, 0.25) is 0 Å². The van der Waals surface area contributed by atoms with Crippen LogP contribution in [0.3, 0.4) is 0 Å². The molecule has 2 aromatic heterocycles. The normalized spacial score (nSPS) is 11.6. The van der Waals surface area contributed by atoms with E-state index in [1.807, 2.05) is 24.3 Å². The van der Waals surface area contributed by atoms with Crippen molar-refractivity contribution in [3.8, 4) is 33.4 Å². The number of hydrogen-bond acceptors (Lipinski definition) is 3. The Balaban J connectivity index is 1.19. The number of hydrogen-bond donors (Lipinski definition) is 0. The first kappa shape index (κ1) is 31.2.